The van der Waals surface area contributed by atoms with E-state index in [0.717, 1.165) is 0 Å². The van der Waals surface area contributed by atoms with Gasteiger partial charge in [-0.3, -0.25) is 0 Å². The molecule has 0 saturated heterocycles. The fraction of sp³-hybridized carbons (Fsp3) is 0.0556. The molecule has 0 aliphatic carbocycles. The molecule has 0 unspecified atom stereocenters. The maximum absolute atomic E-state index is 11.7. The molecule has 5 heteroatoms. The zero-order valence-corrected chi connectivity index (χ0v) is 13.5. The average molecular weight is 346 g/mol. The number of aliphatic hydroxyl groups is 1. The van der Waals surface area contributed by atoms with E-state index < -0.39 is 5.60 Å². The van der Waals surface area contributed by atoms with E-state index in [1.165, 1.54) is 12.4 Å². The summed E-state index contributed by atoms with van der Waals surface area (Å²) in [5, 5.41) is 24.3. The lowest BCUT2D eigenvalue weighted by molar-refractivity contribution is -0.606. The summed E-state index contributed by atoms with van der Waals surface area (Å²) < 4.78 is 0.659. The van der Waals surface area contributed by atoms with Gasteiger partial charge in [0.2, 0.25) is 0 Å². The first kappa shape index (κ1) is 15.8. The molecule has 0 amide bonds. The maximum atomic E-state index is 11.7. The second-order valence-corrected chi connectivity index (χ2v) is 6.05. The first-order chi connectivity index (χ1) is 11.0. The first-order valence-corrected chi connectivity index (χ1v) is 7.69. The minimum absolute atomic E-state index is 0.458. The van der Waals surface area contributed by atoms with Crippen LogP contribution in [0.15, 0.2) is 73.1 Å². The summed E-state index contributed by atoms with van der Waals surface area (Å²) >= 11 is 11.9. The van der Waals surface area contributed by atoms with Gasteiger partial charge in [-0.25, -0.2) is 0 Å². The summed E-state index contributed by atoms with van der Waals surface area (Å²) in [7, 11) is 0. The molecule has 3 nitrogen and oxygen atoms in total. The van der Waals surface area contributed by atoms with E-state index in [2.05, 4.69) is 0 Å². The van der Waals surface area contributed by atoms with Gasteiger partial charge in [0.25, 0.3) is 0 Å². The predicted molar refractivity (Wildman–Crippen MR) is 90.4 cm³/mol. The molecule has 0 spiro atoms. The summed E-state index contributed by atoms with van der Waals surface area (Å²) in [6.45, 7) is 0. The van der Waals surface area contributed by atoms with Crippen LogP contribution in [0.2, 0.25) is 10.0 Å². The Balaban J connectivity index is 2.24. The molecule has 3 rings (SSSR count). The van der Waals surface area contributed by atoms with Crippen molar-refractivity contribution in [2.75, 3.05) is 0 Å². The largest absolute Gasteiger partial charge is 0.619 e. The van der Waals surface area contributed by atoms with E-state index in [0.29, 0.717) is 31.5 Å². The quantitative estimate of drug-likeness (QED) is 0.577. The van der Waals surface area contributed by atoms with Crippen molar-refractivity contribution >= 4 is 23.2 Å². The van der Waals surface area contributed by atoms with Crippen LogP contribution in [0.5, 0.6) is 0 Å². The lowest BCUT2D eigenvalue weighted by Crippen LogP contribution is -2.34. The van der Waals surface area contributed by atoms with Crippen molar-refractivity contribution in [3.8, 4) is 0 Å². The van der Waals surface area contributed by atoms with Crippen molar-refractivity contribution in [3.05, 3.63) is 105 Å². The Kier molecular flexibility index (Phi) is 4.26. The SMILES string of the molecule is [O-][n+]1cccc(C(O)(c2ccc(Cl)cc2)c2ccc(Cl)cc2)c1. The fourth-order valence-corrected chi connectivity index (χ4v) is 2.80. The molecule has 0 fully saturated rings. The number of hydrogen-bond donors (Lipinski definition) is 1. The van der Waals surface area contributed by atoms with Crippen LogP contribution in [0.3, 0.4) is 0 Å². The van der Waals surface area contributed by atoms with Gasteiger partial charge in [0.15, 0.2) is 12.4 Å². The highest BCUT2D eigenvalue weighted by atomic mass is 35.5. The van der Waals surface area contributed by atoms with E-state index in [1.807, 2.05) is 0 Å². The highest BCUT2D eigenvalue weighted by Crippen LogP contribution is 2.36. The average Bonchev–Trinajstić information content (AvgIpc) is 2.55. The van der Waals surface area contributed by atoms with Gasteiger partial charge in [-0.15, -0.1) is 0 Å². The molecular weight excluding hydrogens is 333 g/mol. The molecule has 2 aromatic carbocycles. The smallest absolute Gasteiger partial charge is 0.187 e. The third kappa shape index (κ3) is 3.04. The van der Waals surface area contributed by atoms with Crippen LogP contribution in [0.1, 0.15) is 16.7 Å². The molecule has 1 heterocycles. The molecule has 1 N–H and O–H groups in total. The summed E-state index contributed by atoms with van der Waals surface area (Å²) in [5.41, 5.74) is 0.188. The molecule has 1 aromatic heterocycles. The van der Waals surface area contributed by atoms with Crippen molar-refractivity contribution in [1.82, 2.24) is 0 Å². The Morgan fingerprint density at radius 1 is 0.783 bits per heavy atom. The number of hydrogen-bond acceptors (Lipinski definition) is 2. The van der Waals surface area contributed by atoms with Crippen molar-refractivity contribution in [1.29, 1.82) is 0 Å². The molecule has 0 bridgehead atoms. The Bertz CT molecular complexity index is 772. The number of aromatic nitrogens is 1. The molecule has 0 aliphatic heterocycles. The van der Waals surface area contributed by atoms with Crippen LogP contribution in [0.4, 0.5) is 0 Å². The third-order valence-corrected chi connectivity index (χ3v) is 4.22. The van der Waals surface area contributed by atoms with Crippen LogP contribution in [-0.2, 0) is 5.60 Å². The van der Waals surface area contributed by atoms with Gasteiger partial charge in [0, 0.05) is 16.1 Å². The van der Waals surface area contributed by atoms with Crippen LogP contribution >= 0.6 is 23.2 Å². The van der Waals surface area contributed by atoms with Crippen molar-refractivity contribution in [2.45, 2.75) is 5.60 Å². The van der Waals surface area contributed by atoms with Gasteiger partial charge < -0.3 is 10.3 Å². The minimum atomic E-state index is -1.48. The maximum Gasteiger partial charge on any atom is 0.187 e. The van der Waals surface area contributed by atoms with Crippen LogP contribution in [0, 0.1) is 5.21 Å². The lowest BCUT2D eigenvalue weighted by Gasteiger charge is -2.29. The normalized spacial score (nSPS) is 11.4. The van der Waals surface area contributed by atoms with Gasteiger partial charge in [-0.1, -0.05) is 47.5 Å². The van der Waals surface area contributed by atoms with Gasteiger partial charge in [0.1, 0.15) is 5.60 Å². The molecule has 0 aliphatic rings. The molecular formula is C18H13Cl2NO2. The molecule has 0 atom stereocenters. The van der Waals surface area contributed by atoms with Crippen LogP contribution in [-0.4, -0.2) is 5.11 Å². The number of benzene rings is 2. The molecule has 0 radical (unpaired) electrons. The Morgan fingerprint density at radius 2 is 1.26 bits per heavy atom. The lowest BCUT2D eigenvalue weighted by atomic mass is 9.81. The third-order valence-electron chi connectivity index (χ3n) is 3.72. The van der Waals surface area contributed by atoms with E-state index in [9.17, 15) is 10.3 Å². The summed E-state index contributed by atoms with van der Waals surface area (Å²) in [4.78, 5) is 0. The van der Waals surface area contributed by atoms with E-state index in [1.54, 1.807) is 60.7 Å². The number of pyridine rings is 1. The summed E-state index contributed by atoms with van der Waals surface area (Å²) in [5.74, 6) is 0. The van der Waals surface area contributed by atoms with Crippen LogP contribution < -0.4 is 4.73 Å². The topological polar surface area (TPSA) is 47.2 Å². The Labute approximate surface area is 143 Å². The summed E-state index contributed by atoms with van der Waals surface area (Å²) in [6, 6.07) is 17.0. The monoisotopic (exact) mass is 345 g/mol. The fourth-order valence-electron chi connectivity index (χ4n) is 2.55. The molecule has 3 aromatic rings. The van der Waals surface area contributed by atoms with Crippen LogP contribution in [0.25, 0.3) is 0 Å². The van der Waals surface area contributed by atoms with Gasteiger partial charge >= 0.3 is 0 Å². The number of halogens is 2. The second kappa shape index (κ2) is 6.20. The molecule has 116 valence electrons. The predicted octanol–water partition coefficient (Wildman–Crippen LogP) is 3.91. The van der Waals surface area contributed by atoms with Gasteiger partial charge in [-0.2, -0.15) is 4.73 Å². The summed E-state index contributed by atoms with van der Waals surface area (Å²) in [6.07, 6.45) is 2.72. The van der Waals surface area contributed by atoms with Gasteiger partial charge in [-0.05, 0) is 41.5 Å². The van der Waals surface area contributed by atoms with Crippen molar-refractivity contribution < 1.29 is 9.84 Å². The van der Waals surface area contributed by atoms with Crippen molar-refractivity contribution in [3.63, 3.8) is 0 Å². The highest BCUT2D eigenvalue weighted by molar-refractivity contribution is 6.30. The zero-order valence-electron chi connectivity index (χ0n) is 12.0. The first-order valence-electron chi connectivity index (χ1n) is 6.94. The molecule has 0 saturated carbocycles. The number of nitrogens with zero attached hydrogens (tertiary/aromatic N) is 1. The Hall–Kier alpha value is -2.07. The highest BCUT2D eigenvalue weighted by Gasteiger charge is 2.35. The van der Waals surface area contributed by atoms with E-state index in [-0.39, 0.29) is 0 Å². The minimum Gasteiger partial charge on any atom is -0.619 e. The zero-order chi connectivity index (χ0) is 16.4. The molecule has 23 heavy (non-hydrogen) atoms. The number of rotatable bonds is 3. The standard InChI is InChI=1S/C18H13Cl2NO2/c19-16-7-3-13(4-8-16)18(22,14-5-9-17(20)10-6-14)15-2-1-11-21(23)12-15/h1-12,22H. The van der Waals surface area contributed by atoms with E-state index >= 15 is 0 Å². The Morgan fingerprint density at radius 3 is 1.70 bits per heavy atom. The second-order valence-electron chi connectivity index (χ2n) is 5.18. The van der Waals surface area contributed by atoms with Gasteiger partial charge in [0.05, 0.1) is 5.56 Å². The van der Waals surface area contributed by atoms with Crippen molar-refractivity contribution in [2.24, 2.45) is 0 Å². The van der Waals surface area contributed by atoms with E-state index in [4.69, 9.17) is 23.2 Å².